The van der Waals surface area contributed by atoms with E-state index in [0.717, 1.165) is 18.2 Å². The van der Waals surface area contributed by atoms with Crippen LogP contribution < -0.4 is 14.8 Å². The number of ether oxygens (including phenoxy) is 2. The molecular weight excluding hydrogens is 489 g/mol. The smallest absolute Gasteiger partial charge is 0.504 e. The number of aromatic hydroxyl groups is 1. The number of alkyl halides is 6. The van der Waals surface area contributed by atoms with Crippen molar-refractivity contribution in [3.63, 3.8) is 0 Å². The number of nitrogens with zero attached hydrogens (tertiary/aromatic N) is 1. The van der Waals surface area contributed by atoms with Crippen molar-refractivity contribution in [2.45, 2.75) is 18.8 Å². The van der Waals surface area contributed by atoms with Crippen LogP contribution in [0.25, 0.3) is 0 Å². The van der Waals surface area contributed by atoms with Gasteiger partial charge in [-0.2, -0.15) is 0 Å². The summed E-state index contributed by atoms with van der Waals surface area (Å²) in [5.74, 6) is -1.87. The van der Waals surface area contributed by atoms with Crippen molar-refractivity contribution in [2.75, 3.05) is 26.2 Å². The molecule has 2 aromatic rings. The van der Waals surface area contributed by atoms with E-state index in [1.165, 1.54) is 24.3 Å². The van der Waals surface area contributed by atoms with E-state index in [9.17, 15) is 31.4 Å². The zero-order valence-corrected chi connectivity index (χ0v) is 17.9. The minimum atomic E-state index is -4.99. The van der Waals surface area contributed by atoms with Gasteiger partial charge in [0.1, 0.15) is 5.75 Å². The summed E-state index contributed by atoms with van der Waals surface area (Å²) < 4.78 is 83.0. The summed E-state index contributed by atoms with van der Waals surface area (Å²) in [6, 6.07) is 8.04. The summed E-state index contributed by atoms with van der Waals surface area (Å²) in [5.41, 5.74) is 0.619. The van der Waals surface area contributed by atoms with E-state index >= 15 is 0 Å². The minimum absolute atomic E-state index is 0. The second-order valence-electron chi connectivity index (χ2n) is 6.55. The fraction of sp³-hybridized carbons (Fsp3) is 0.368. The summed E-state index contributed by atoms with van der Waals surface area (Å²) >= 11 is 0. The maximum atomic E-state index is 12.7. The van der Waals surface area contributed by atoms with Gasteiger partial charge in [-0.25, -0.2) is 0 Å². The van der Waals surface area contributed by atoms with Crippen LogP contribution in [0.4, 0.5) is 26.3 Å². The van der Waals surface area contributed by atoms with Crippen LogP contribution in [0.2, 0.25) is 0 Å². The maximum absolute atomic E-state index is 12.7. The third-order valence-corrected chi connectivity index (χ3v) is 4.50. The third kappa shape index (κ3) is 7.51. The highest BCUT2D eigenvalue weighted by atomic mass is 35.5. The first-order valence-electron chi connectivity index (χ1n) is 8.91. The Bertz CT molecular complexity index is 860. The van der Waals surface area contributed by atoms with E-state index in [-0.39, 0.29) is 30.4 Å². The van der Waals surface area contributed by atoms with Crippen LogP contribution in [-0.4, -0.2) is 48.9 Å². The van der Waals surface area contributed by atoms with Crippen LogP contribution in [0.15, 0.2) is 42.5 Å². The molecule has 1 aliphatic heterocycles. The van der Waals surface area contributed by atoms with E-state index in [0.29, 0.717) is 31.7 Å². The van der Waals surface area contributed by atoms with Gasteiger partial charge in [-0.05, 0) is 23.8 Å². The standard InChI is InChI=1S/C19H18F6N2O3.2ClH/c20-18(21,22)29-13-6-4-12(5-7-13)16(27-10-8-26-9-11-27)14-2-1-3-15(17(14)28)30-19(23,24)25;;/h1-7,16,26,28H,8-11H2;2*1H/t16-;;/m0../s1. The molecule has 180 valence electrons. The molecule has 0 spiro atoms. The van der Waals surface area contributed by atoms with Crippen molar-refractivity contribution in [3.8, 4) is 17.2 Å². The first-order valence-corrected chi connectivity index (χ1v) is 8.91. The Morgan fingerprint density at radius 3 is 1.94 bits per heavy atom. The van der Waals surface area contributed by atoms with Gasteiger partial charge in [0.2, 0.25) is 0 Å². The average Bonchev–Trinajstić information content (AvgIpc) is 2.65. The monoisotopic (exact) mass is 508 g/mol. The highest BCUT2D eigenvalue weighted by molar-refractivity contribution is 5.85. The van der Waals surface area contributed by atoms with Crippen molar-refractivity contribution in [3.05, 3.63) is 53.6 Å². The summed E-state index contributed by atoms with van der Waals surface area (Å²) in [6.45, 7) is 2.22. The second kappa shape index (κ2) is 11.2. The lowest BCUT2D eigenvalue weighted by molar-refractivity contribution is -0.275. The van der Waals surface area contributed by atoms with E-state index in [1.807, 2.05) is 4.90 Å². The molecule has 0 bridgehead atoms. The van der Waals surface area contributed by atoms with Gasteiger partial charge in [0.15, 0.2) is 11.5 Å². The zero-order chi connectivity index (χ0) is 21.9. The van der Waals surface area contributed by atoms with Crippen LogP contribution in [0.1, 0.15) is 17.2 Å². The van der Waals surface area contributed by atoms with E-state index in [2.05, 4.69) is 14.8 Å². The van der Waals surface area contributed by atoms with E-state index in [4.69, 9.17) is 0 Å². The predicted octanol–water partition coefficient (Wildman–Crippen LogP) is 5.03. The van der Waals surface area contributed by atoms with E-state index < -0.39 is 36.0 Å². The Labute approximate surface area is 192 Å². The summed E-state index contributed by atoms with van der Waals surface area (Å²) in [7, 11) is 0. The maximum Gasteiger partial charge on any atom is 0.573 e. The normalized spacial score (nSPS) is 15.8. The number of piperazine rings is 1. The first-order chi connectivity index (χ1) is 14.0. The number of phenolic OH excluding ortho intramolecular Hbond substituents is 1. The molecule has 1 heterocycles. The van der Waals surface area contributed by atoms with Crippen LogP contribution in [0.5, 0.6) is 17.2 Å². The number of nitrogens with one attached hydrogen (secondary N) is 1. The number of benzene rings is 2. The number of halogens is 8. The summed E-state index contributed by atoms with van der Waals surface area (Å²) in [6.07, 6.45) is -9.84. The molecule has 0 saturated carbocycles. The van der Waals surface area contributed by atoms with Gasteiger partial charge in [-0.1, -0.05) is 24.3 Å². The fourth-order valence-electron chi connectivity index (χ4n) is 3.35. The van der Waals surface area contributed by atoms with Gasteiger partial charge in [-0.15, -0.1) is 51.2 Å². The van der Waals surface area contributed by atoms with Gasteiger partial charge in [-0.3, -0.25) is 4.90 Å². The Kier molecular flexibility index (Phi) is 9.76. The van der Waals surface area contributed by atoms with Gasteiger partial charge in [0, 0.05) is 31.7 Å². The Morgan fingerprint density at radius 2 is 1.41 bits per heavy atom. The molecule has 2 N–H and O–H groups in total. The van der Waals surface area contributed by atoms with Crippen LogP contribution in [0, 0.1) is 0 Å². The van der Waals surface area contributed by atoms with Gasteiger partial charge in [0.05, 0.1) is 6.04 Å². The lowest BCUT2D eigenvalue weighted by atomic mass is 9.95. The fourth-order valence-corrected chi connectivity index (χ4v) is 3.35. The van der Waals surface area contributed by atoms with Gasteiger partial charge in [0.25, 0.3) is 0 Å². The average molecular weight is 509 g/mol. The third-order valence-electron chi connectivity index (χ3n) is 4.50. The molecule has 1 aliphatic rings. The molecular formula is C19H20Cl2F6N2O3. The number of rotatable bonds is 5. The van der Waals surface area contributed by atoms with Gasteiger partial charge >= 0.3 is 12.7 Å². The van der Waals surface area contributed by atoms with E-state index in [1.54, 1.807) is 0 Å². The molecule has 1 atom stereocenters. The lowest BCUT2D eigenvalue weighted by Crippen LogP contribution is -2.45. The number of para-hydroxylation sites is 1. The number of hydrogen-bond acceptors (Lipinski definition) is 5. The van der Waals surface area contributed by atoms with Crippen LogP contribution in [0.3, 0.4) is 0 Å². The molecule has 0 unspecified atom stereocenters. The molecule has 0 aliphatic carbocycles. The van der Waals surface area contributed by atoms with Gasteiger partial charge < -0.3 is 19.9 Å². The quantitative estimate of drug-likeness (QED) is 0.555. The number of phenols is 1. The van der Waals surface area contributed by atoms with Crippen molar-refractivity contribution in [2.24, 2.45) is 0 Å². The Balaban J connectivity index is 0.00000256. The van der Waals surface area contributed by atoms with Crippen molar-refractivity contribution in [1.82, 2.24) is 10.2 Å². The Morgan fingerprint density at radius 1 is 0.844 bits per heavy atom. The molecule has 32 heavy (non-hydrogen) atoms. The SMILES string of the molecule is Cl.Cl.Oc1c(OC(F)(F)F)cccc1[C@H](c1ccc(OC(F)(F)F)cc1)N1CCNCC1. The largest absolute Gasteiger partial charge is 0.573 e. The van der Waals surface area contributed by atoms with Crippen LogP contribution in [-0.2, 0) is 0 Å². The molecule has 1 saturated heterocycles. The molecule has 0 radical (unpaired) electrons. The summed E-state index contributed by atoms with van der Waals surface area (Å²) in [5, 5.41) is 13.6. The highest BCUT2D eigenvalue weighted by Gasteiger charge is 2.35. The molecule has 13 heteroatoms. The van der Waals surface area contributed by atoms with Crippen molar-refractivity contribution in [1.29, 1.82) is 0 Å². The highest BCUT2D eigenvalue weighted by Crippen LogP contribution is 2.41. The zero-order valence-electron chi connectivity index (χ0n) is 16.2. The molecule has 3 rings (SSSR count). The lowest BCUT2D eigenvalue weighted by Gasteiger charge is -2.36. The number of hydrogen-bond donors (Lipinski definition) is 2. The van der Waals surface area contributed by atoms with Crippen LogP contribution >= 0.6 is 24.8 Å². The van der Waals surface area contributed by atoms with Crippen molar-refractivity contribution >= 4 is 24.8 Å². The van der Waals surface area contributed by atoms with Crippen molar-refractivity contribution < 1.29 is 40.9 Å². The summed E-state index contributed by atoms with van der Waals surface area (Å²) in [4.78, 5) is 1.91. The minimum Gasteiger partial charge on any atom is -0.504 e. The molecule has 0 amide bonds. The first kappa shape index (κ1) is 28.0. The molecule has 0 aromatic heterocycles. The second-order valence-corrected chi connectivity index (χ2v) is 6.55. The molecule has 5 nitrogen and oxygen atoms in total. The Hall–Kier alpha value is -2.08. The topological polar surface area (TPSA) is 54.0 Å². The molecule has 2 aromatic carbocycles. The molecule has 1 fully saturated rings. The predicted molar refractivity (Wildman–Crippen MR) is 109 cm³/mol.